The smallest absolute Gasteiger partial charge is 0.295 e. The molecule has 0 saturated heterocycles. The Hall–Kier alpha value is -4.33. The second-order valence-corrected chi connectivity index (χ2v) is 9.28. The van der Waals surface area contributed by atoms with E-state index in [2.05, 4.69) is 6.92 Å². The maximum absolute atomic E-state index is 14.1. The zero-order valence-electron chi connectivity index (χ0n) is 22.2. The molecule has 0 aliphatic carbocycles. The molecule has 0 saturated carbocycles. The molecule has 0 fully saturated rings. The maximum atomic E-state index is 14.1. The van der Waals surface area contributed by atoms with Crippen molar-refractivity contribution in [2.75, 3.05) is 25.2 Å². The summed E-state index contributed by atoms with van der Waals surface area (Å²) in [6, 6.07) is 15.2. The molecular weight excluding hydrogens is 501 g/mol. The number of hydrogen-bond acceptors (Lipinski definition) is 6. The first-order valence-corrected chi connectivity index (χ1v) is 13.1. The van der Waals surface area contributed by atoms with E-state index in [9.17, 15) is 14.0 Å². The van der Waals surface area contributed by atoms with Crippen molar-refractivity contribution in [1.29, 1.82) is 0 Å². The predicted molar refractivity (Wildman–Crippen MR) is 147 cm³/mol. The van der Waals surface area contributed by atoms with Gasteiger partial charge in [0.15, 0.2) is 16.9 Å². The fraction of sp³-hybridized carbons (Fsp3) is 0.290. The van der Waals surface area contributed by atoms with Crippen molar-refractivity contribution in [2.45, 2.75) is 39.2 Å². The molecule has 2 heterocycles. The van der Waals surface area contributed by atoms with E-state index >= 15 is 0 Å². The molecule has 1 aliphatic heterocycles. The van der Waals surface area contributed by atoms with Crippen LogP contribution in [0, 0.1) is 5.82 Å². The number of benzene rings is 3. The lowest BCUT2D eigenvalue weighted by molar-refractivity contribution is 0.0971. The lowest BCUT2D eigenvalue weighted by atomic mass is 9.97. The topological polar surface area (TPSA) is 78.2 Å². The molecule has 1 aliphatic rings. The highest BCUT2D eigenvalue weighted by molar-refractivity contribution is 6.10. The number of carbonyl (C=O) groups is 1. The predicted octanol–water partition coefficient (Wildman–Crippen LogP) is 6.66. The molecule has 1 atom stereocenters. The fourth-order valence-electron chi connectivity index (χ4n) is 4.89. The minimum atomic E-state index is -0.835. The highest BCUT2D eigenvalue weighted by atomic mass is 19.1. The Labute approximate surface area is 225 Å². The summed E-state index contributed by atoms with van der Waals surface area (Å²) in [6.07, 6.45) is 3.06. The molecule has 7 nitrogen and oxygen atoms in total. The van der Waals surface area contributed by atoms with Crippen LogP contribution < -0.4 is 24.5 Å². The average Bonchev–Trinajstić information content (AvgIpc) is 3.24. The molecule has 1 amide bonds. The first kappa shape index (κ1) is 26.3. The van der Waals surface area contributed by atoms with Gasteiger partial charge in [-0.3, -0.25) is 14.5 Å². The van der Waals surface area contributed by atoms with Crippen molar-refractivity contribution in [1.82, 2.24) is 0 Å². The third-order valence-electron chi connectivity index (χ3n) is 6.77. The second kappa shape index (κ2) is 11.2. The number of ether oxygens (including phenoxy) is 3. The summed E-state index contributed by atoms with van der Waals surface area (Å²) in [6.45, 7) is 4.96. The van der Waals surface area contributed by atoms with Crippen LogP contribution in [0.3, 0.4) is 0 Å². The molecule has 1 aromatic heterocycles. The Morgan fingerprint density at radius 1 is 0.923 bits per heavy atom. The third kappa shape index (κ3) is 4.94. The van der Waals surface area contributed by atoms with E-state index in [1.807, 2.05) is 13.0 Å². The Morgan fingerprint density at radius 2 is 1.72 bits per heavy atom. The van der Waals surface area contributed by atoms with Gasteiger partial charge < -0.3 is 18.6 Å². The highest BCUT2D eigenvalue weighted by Gasteiger charge is 2.44. The number of anilines is 1. The van der Waals surface area contributed by atoms with Crippen LogP contribution in [-0.4, -0.2) is 26.2 Å². The normalized spacial score (nSPS) is 14.5. The minimum absolute atomic E-state index is 0.0715. The molecule has 0 radical (unpaired) electrons. The molecule has 1 unspecified atom stereocenters. The first-order valence-electron chi connectivity index (χ1n) is 13.1. The van der Waals surface area contributed by atoms with Crippen LogP contribution in [0.5, 0.6) is 17.2 Å². The van der Waals surface area contributed by atoms with Crippen LogP contribution in [0.1, 0.15) is 60.8 Å². The van der Waals surface area contributed by atoms with E-state index in [-0.39, 0.29) is 22.3 Å². The number of amides is 1. The van der Waals surface area contributed by atoms with Gasteiger partial charge in [-0.15, -0.1) is 0 Å². The summed E-state index contributed by atoms with van der Waals surface area (Å²) in [5, 5.41) is 0.0732. The van der Waals surface area contributed by atoms with Crippen LogP contribution in [-0.2, 0) is 0 Å². The van der Waals surface area contributed by atoms with Crippen LogP contribution >= 0.6 is 0 Å². The van der Waals surface area contributed by atoms with Crippen molar-refractivity contribution >= 4 is 22.6 Å². The van der Waals surface area contributed by atoms with Gasteiger partial charge in [-0.05, 0) is 73.5 Å². The fourth-order valence-corrected chi connectivity index (χ4v) is 4.89. The number of carbonyl (C=O) groups excluding carboxylic acids is 1. The summed E-state index contributed by atoms with van der Waals surface area (Å²) in [4.78, 5) is 29.1. The Balaban J connectivity index is 1.67. The monoisotopic (exact) mass is 531 g/mol. The summed E-state index contributed by atoms with van der Waals surface area (Å²) in [5.41, 5.74) is 1.01. The van der Waals surface area contributed by atoms with Gasteiger partial charge in [0.05, 0.1) is 37.3 Å². The molecular formula is C31H30FNO6. The summed E-state index contributed by atoms with van der Waals surface area (Å²) in [5.74, 6) is 0.617. The van der Waals surface area contributed by atoms with Gasteiger partial charge in [0.1, 0.15) is 17.1 Å². The first-order chi connectivity index (χ1) is 19.0. The molecule has 39 heavy (non-hydrogen) atoms. The van der Waals surface area contributed by atoms with Gasteiger partial charge in [-0.1, -0.05) is 25.8 Å². The number of rotatable bonds is 10. The molecule has 0 bridgehead atoms. The zero-order valence-corrected chi connectivity index (χ0v) is 22.2. The minimum Gasteiger partial charge on any atom is -0.497 e. The van der Waals surface area contributed by atoms with Crippen molar-refractivity contribution in [2.24, 2.45) is 0 Å². The molecule has 0 spiro atoms. The van der Waals surface area contributed by atoms with Gasteiger partial charge in [-0.25, -0.2) is 4.39 Å². The number of methoxy groups -OCH3 is 1. The molecule has 202 valence electrons. The molecule has 0 N–H and O–H groups in total. The van der Waals surface area contributed by atoms with Crippen LogP contribution in [0.15, 0.2) is 69.9 Å². The van der Waals surface area contributed by atoms with Crippen molar-refractivity contribution in [3.05, 3.63) is 93.6 Å². The van der Waals surface area contributed by atoms with Crippen LogP contribution in [0.25, 0.3) is 11.0 Å². The summed E-state index contributed by atoms with van der Waals surface area (Å²) in [7, 11) is 1.56. The molecule has 5 rings (SSSR count). The average molecular weight is 532 g/mol. The highest BCUT2D eigenvalue weighted by Crippen LogP contribution is 2.43. The number of unbranched alkanes of at least 4 members (excludes halogenated alkanes) is 2. The maximum Gasteiger partial charge on any atom is 0.295 e. The van der Waals surface area contributed by atoms with Crippen molar-refractivity contribution in [3.8, 4) is 17.2 Å². The van der Waals surface area contributed by atoms with Gasteiger partial charge in [0, 0.05) is 5.69 Å². The van der Waals surface area contributed by atoms with E-state index in [0.29, 0.717) is 41.7 Å². The lowest BCUT2D eigenvalue weighted by Gasteiger charge is -2.26. The standard InChI is InChI=1S/C31H30FNO6/c1-4-6-7-16-38-25-14-8-19(17-26(25)37-5-2)28-27-29(34)23-18-20(32)9-15-24(23)39-30(27)31(35)33(28)21-10-12-22(36-3)13-11-21/h8-15,17-18,28H,4-7,16H2,1-3H3. The number of hydrogen-bond donors (Lipinski definition) is 0. The SMILES string of the molecule is CCCCCOc1ccc(C2c3c(oc4ccc(F)cc4c3=O)C(=O)N2c2ccc(OC)cc2)cc1OCC. The van der Waals surface area contributed by atoms with Gasteiger partial charge >= 0.3 is 0 Å². The van der Waals surface area contributed by atoms with Gasteiger partial charge in [0.25, 0.3) is 5.91 Å². The second-order valence-electron chi connectivity index (χ2n) is 9.28. The van der Waals surface area contributed by atoms with E-state index < -0.39 is 23.2 Å². The van der Waals surface area contributed by atoms with E-state index in [1.165, 1.54) is 17.0 Å². The third-order valence-corrected chi connectivity index (χ3v) is 6.77. The lowest BCUT2D eigenvalue weighted by Crippen LogP contribution is -2.29. The Morgan fingerprint density at radius 3 is 2.44 bits per heavy atom. The zero-order chi connectivity index (χ0) is 27.5. The summed E-state index contributed by atoms with van der Waals surface area (Å²) >= 11 is 0. The quantitative estimate of drug-likeness (QED) is 0.213. The molecule has 8 heteroatoms. The van der Waals surface area contributed by atoms with E-state index in [0.717, 1.165) is 25.3 Å². The molecule has 3 aromatic carbocycles. The van der Waals surface area contributed by atoms with E-state index in [4.69, 9.17) is 18.6 Å². The number of nitrogens with zero attached hydrogens (tertiary/aromatic N) is 1. The summed E-state index contributed by atoms with van der Waals surface area (Å²) < 4.78 is 37.2. The van der Waals surface area contributed by atoms with Gasteiger partial charge in [0.2, 0.25) is 5.76 Å². The number of halogens is 1. The van der Waals surface area contributed by atoms with Crippen LogP contribution in [0.4, 0.5) is 10.1 Å². The Kier molecular flexibility index (Phi) is 7.54. The molecule has 4 aromatic rings. The van der Waals surface area contributed by atoms with Crippen LogP contribution in [0.2, 0.25) is 0 Å². The van der Waals surface area contributed by atoms with Crippen molar-refractivity contribution in [3.63, 3.8) is 0 Å². The van der Waals surface area contributed by atoms with E-state index in [1.54, 1.807) is 43.5 Å². The number of fused-ring (bicyclic) bond motifs is 2. The van der Waals surface area contributed by atoms with Gasteiger partial charge in [-0.2, -0.15) is 0 Å². The Bertz CT molecular complexity index is 1560. The largest absolute Gasteiger partial charge is 0.497 e. The van der Waals surface area contributed by atoms with Crippen molar-refractivity contribution < 1.29 is 27.8 Å².